The van der Waals surface area contributed by atoms with Crippen LogP contribution in [-0.4, -0.2) is 41.3 Å². The number of para-hydroxylation sites is 2. The van der Waals surface area contributed by atoms with E-state index in [1.165, 1.54) is 0 Å². The van der Waals surface area contributed by atoms with Crippen LogP contribution in [0, 0.1) is 11.8 Å². The minimum absolute atomic E-state index is 0.248. The third-order valence-corrected chi connectivity index (χ3v) is 5.82. The lowest BCUT2D eigenvalue weighted by Crippen LogP contribution is -2.34. The standard InChI is InChI=1S/C23H22N8O2/c32-20(26-22-28-24-14-30(22)16-8-3-1-4-9-16)18-12-7-13-19(18)21(33)27-23-29-25-15-31(23)17-10-5-2-6-11-17/h1-6,8-11,14-15,18-19H,7,12-13H2,(H,26,28,32)(H,27,29,33). The molecule has 2 aromatic heterocycles. The van der Waals surface area contributed by atoms with Crippen molar-refractivity contribution >= 4 is 23.7 Å². The lowest BCUT2D eigenvalue weighted by molar-refractivity contribution is -0.128. The van der Waals surface area contributed by atoms with Crippen molar-refractivity contribution in [1.29, 1.82) is 0 Å². The van der Waals surface area contributed by atoms with Gasteiger partial charge in [0.05, 0.1) is 11.4 Å². The lowest BCUT2D eigenvalue weighted by atomic mass is 9.94. The summed E-state index contributed by atoms with van der Waals surface area (Å²) < 4.78 is 3.40. The van der Waals surface area contributed by atoms with E-state index < -0.39 is 11.8 Å². The second kappa shape index (κ2) is 9.03. The normalized spacial score (nSPS) is 17.6. The van der Waals surface area contributed by atoms with Crippen molar-refractivity contribution < 1.29 is 9.59 Å². The summed E-state index contributed by atoms with van der Waals surface area (Å²) in [5.41, 5.74) is 1.66. The summed E-state index contributed by atoms with van der Waals surface area (Å²) in [5.74, 6) is -0.801. The minimum Gasteiger partial charge on any atom is -0.294 e. The molecule has 0 radical (unpaired) electrons. The molecule has 10 heteroatoms. The SMILES string of the molecule is O=C(Nc1nncn1-c1ccccc1)C1CCCC1C(=O)Nc1nncn1-c1ccccc1. The number of hydrogen-bond donors (Lipinski definition) is 2. The van der Waals surface area contributed by atoms with Crippen LogP contribution >= 0.6 is 0 Å². The molecule has 1 saturated carbocycles. The number of benzene rings is 2. The van der Waals surface area contributed by atoms with Crippen LogP contribution in [0.5, 0.6) is 0 Å². The van der Waals surface area contributed by atoms with Gasteiger partial charge in [-0.25, -0.2) is 0 Å². The Hall–Kier alpha value is -4.34. The lowest BCUT2D eigenvalue weighted by Gasteiger charge is -2.18. The molecule has 10 nitrogen and oxygen atoms in total. The van der Waals surface area contributed by atoms with E-state index in [0.29, 0.717) is 24.7 Å². The first kappa shape index (κ1) is 20.6. The smallest absolute Gasteiger partial charge is 0.235 e. The molecule has 33 heavy (non-hydrogen) atoms. The van der Waals surface area contributed by atoms with Gasteiger partial charge in [-0.3, -0.25) is 29.4 Å². The molecule has 1 aliphatic carbocycles. The minimum atomic E-state index is -0.473. The van der Waals surface area contributed by atoms with Crippen molar-refractivity contribution in [3.8, 4) is 11.4 Å². The number of carbonyl (C=O) groups is 2. The van der Waals surface area contributed by atoms with Crippen LogP contribution < -0.4 is 10.6 Å². The van der Waals surface area contributed by atoms with Crippen molar-refractivity contribution in [3.05, 3.63) is 73.3 Å². The summed E-state index contributed by atoms with van der Waals surface area (Å²) in [4.78, 5) is 26.2. The summed E-state index contributed by atoms with van der Waals surface area (Å²) in [6.45, 7) is 0. The highest BCUT2D eigenvalue weighted by atomic mass is 16.2. The van der Waals surface area contributed by atoms with Crippen LogP contribution in [0.1, 0.15) is 19.3 Å². The van der Waals surface area contributed by atoms with Gasteiger partial charge in [-0.1, -0.05) is 42.8 Å². The Balaban J connectivity index is 1.30. The number of anilines is 2. The number of hydrogen-bond acceptors (Lipinski definition) is 6. The highest BCUT2D eigenvalue weighted by Gasteiger charge is 2.38. The second-order valence-corrected chi connectivity index (χ2v) is 7.84. The average Bonchev–Trinajstić information content (AvgIpc) is 3.61. The van der Waals surface area contributed by atoms with Crippen LogP contribution in [0.15, 0.2) is 73.3 Å². The van der Waals surface area contributed by atoms with E-state index in [4.69, 9.17) is 0 Å². The van der Waals surface area contributed by atoms with Crippen molar-refractivity contribution in [2.24, 2.45) is 11.8 Å². The molecule has 0 saturated heterocycles. The van der Waals surface area contributed by atoms with Crippen LogP contribution in [0.3, 0.4) is 0 Å². The predicted molar refractivity (Wildman–Crippen MR) is 121 cm³/mol. The summed E-state index contributed by atoms with van der Waals surface area (Å²) in [7, 11) is 0. The molecule has 2 atom stereocenters. The van der Waals surface area contributed by atoms with E-state index in [1.54, 1.807) is 21.8 Å². The Morgan fingerprint density at radius 3 is 1.55 bits per heavy atom. The van der Waals surface area contributed by atoms with Gasteiger partial charge in [-0.15, -0.1) is 20.4 Å². The van der Waals surface area contributed by atoms with Gasteiger partial charge < -0.3 is 0 Å². The van der Waals surface area contributed by atoms with Gasteiger partial charge in [0.1, 0.15) is 12.7 Å². The molecule has 2 amide bonds. The molecule has 4 aromatic rings. The zero-order valence-electron chi connectivity index (χ0n) is 17.7. The molecular formula is C23H22N8O2. The van der Waals surface area contributed by atoms with E-state index in [2.05, 4.69) is 31.0 Å². The van der Waals surface area contributed by atoms with Crippen molar-refractivity contribution in [3.63, 3.8) is 0 Å². The molecule has 0 aliphatic heterocycles. The largest absolute Gasteiger partial charge is 0.294 e. The van der Waals surface area contributed by atoms with Gasteiger partial charge >= 0.3 is 0 Å². The summed E-state index contributed by atoms with van der Waals surface area (Å²) >= 11 is 0. The highest BCUT2D eigenvalue weighted by molar-refractivity contribution is 5.99. The third-order valence-electron chi connectivity index (χ3n) is 5.82. The predicted octanol–water partition coefficient (Wildman–Crippen LogP) is 2.84. The van der Waals surface area contributed by atoms with Crippen molar-refractivity contribution in [1.82, 2.24) is 29.5 Å². The fourth-order valence-corrected chi connectivity index (χ4v) is 4.19. The van der Waals surface area contributed by atoms with Crippen molar-refractivity contribution in [2.45, 2.75) is 19.3 Å². The van der Waals surface area contributed by atoms with Gasteiger partial charge in [-0.2, -0.15) is 0 Å². The number of carbonyl (C=O) groups excluding carboxylic acids is 2. The maximum atomic E-state index is 13.1. The molecule has 1 fully saturated rings. The quantitative estimate of drug-likeness (QED) is 0.474. The Bertz CT molecular complexity index is 1150. The Labute approximate surface area is 189 Å². The van der Waals surface area contributed by atoms with Gasteiger partial charge in [0, 0.05) is 11.8 Å². The number of amides is 2. The van der Waals surface area contributed by atoms with Crippen LogP contribution in [0.4, 0.5) is 11.9 Å². The number of nitrogens with one attached hydrogen (secondary N) is 2. The van der Waals surface area contributed by atoms with E-state index in [9.17, 15) is 9.59 Å². The number of rotatable bonds is 6. The molecule has 1 aliphatic rings. The van der Waals surface area contributed by atoms with E-state index >= 15 is 0 Å². The molecule has 5 rings (SSSR count). The van der Waals surface area contributed by atoms with Crippen LogP contribution in [-0.2, 0) is 9.59 Å². The first-order valence-electron chi connectivity index (χ1n) is 10.7. The van der Waals surface area contributed by atoms with E-state index in [1.807, 2.05) is 60.7 Å². The summed E-state index contributed by atoms with van der Waals surface area (Å²) in [6.07, 6.45) is 5.11. The van der Waals surface area contributed by atoms with Crippen LogP contribution in [0.25, 0.3) is 11.4 Å². The molecule has 2 unspecified atom stereocenters. The van der Waals surface area contributed by atoms with Gasteiger partial charge in [0.25, 0.3) is 0 Å². The Morgan fingerprint density at radius 2 is 1.12 bits per heavy atom. The topological polar surface area (TPSA) is 120 Å². The molecule has 166 valence electrons. The zero-order valence-corrected chi connectivity index (χ0v) is 17.7. The first-order valence-corrected chi connectivity index (χ1v) is 10.7. The molecule has 0 spiro atoms. The van der Waals surface area contributed by atoms with Gasteiger partial charge in [0.15, 0.2) is 0 Å². The maximum Gasteiger partial charge on any atom is 0.235 e. The monoisotopic (exact) mass is 442 g/mol. The van der Waals surface area contributed by atoms with Crippen LogP contribution in [0.2, 0.25) is 0 Å². The third kappa shape index (κ3) is 4.22. The fraction of sp³-hybridized carbons (Fsp3) is 0.217. The molecule has 2 aromatic carbocycles. The molecule has 2 heterocycles. The summed E-state index contributed by atoms with van der Waals surface area (Å²) in [6, 6.07) is 19.0. The fourth-order valence-electron chi connectivity index (χ4n) is 4.19. The maximum absolute atomic E-state index is 13.1. The molecular weight excluding hydrogens is 420 g/mol. The highest BCUT2D eigenvalue weighted by Crippen LogP contribution is 2.33. The molecule has 2 N–H and O–H groups in total. The Morgan fingerprint density at radius 1 is 0.697 bits per heavy atom. The molecule has 0 bridgehead atoms. The average molecular weight is 442 g/mol. The second-order valence-electron chi connectivity index (χ2n) is 7.84. The zero-order chi connectivity index (χ0) is 22.6. The summed E-state index contributed by atoms with van der Waals surface area (Å²) in [5, 5.41) is 21.6. The number of aromatic nitrogens is 6. The van der Waals surface area contributed by atoms with Gasteiger partial charge in [-0.05, 0) is 37.1 Å². The first-order chi connectivity index (χ1) is 16.2. The van der Waals surface area contributed by atoms with E-state index in [-0.39, 0.29) is 11.8 Å². The van der Waals surface area contributed by atoms with Crippen molar-refractivity contribution in [2.75, 3.05) is 10.6 Å². The van der Waals surface area contributed by atoms with Gasteiger partial charge in [0.2, 0.25) is 23.7 Å². The Kier molecular flexibility index (Phi) is 5.62. The van der Waals surface area contributed by atoms with E-state index in [0.717, 1.165) is 17.8 Å². The number of nitrogens with zero attached hydrogens (tertiary/aromatic N) is 6.